The number of hydrogen-bond donors (Lipinski definition) is 0. The van der Waals surface area contributed by atoms with Crippen molar-refractivity contribution in [3.05, 3.63) is 12.2 Å². The van der Waals surface area contributed by atoms with Crippen molar-refractivity contribution >= 4 is 21.9 Å². The third-order valence-electron chi connectivity index (χ3n) is 2.54. The lowest BCUT2D eigenvalue weighted by Gasteiger charge is -1.99. The van der Waals surface area contributed by atoms with Gasteiger partial charge in [0, 0.05) is 11.4 Å². The van der Waals surface area contributed by atoms with Gasteiger partial charge in [0.25, 0.3) is 0 Å². The molecule has 0 rings (SSSR count). The third-order valence-corrected chi connectivity index (χ3v) is 3.11. The fourth-order valence-electron chi connectivity index (χ4n) is 1.61. The highest BCUT2D eigenvalue weighted by Crippen LogP contribution is 2.09. The lowest BCUT2D eigenvalue weighted by atomic mass is 10.1. The Morgan fingerprint density at radius 2 is 1.65 bits per heavy atom. The van der Waals surface area contributed by atoms with Gasteiger partial charge in [-0.3, -0.25) is 0 Å². The van der Waals surface area contributed by atoms with Crippen LogP contribution in [0.25, 0.3) is 0 Å². The Hall–Kier alpha value is -0.310. The number of carbonyl (C=O) groups is 1. The molecule has 0 aliphatic rings. The van der Waals surface area contributed by atoms with E-state index in [9.17, 15) is 4.79 Å². The summed E-state index contributed by atoms with van der Waals surface area (Å²) in [7, 11) is 0. The number of carbonyl (C=O) groups excluding carboxylic acids is 1. The lowest BCUT2D eigenvalue weighted by Crippen LogP contribution is -1.98. The summed E-state index contributed by atoms with van der Waals surface area (Å²) in [4.78, 5) is 11.0. The molecule has 0 bridgehead atoms. The highest BCUT2D eigenvalue weighted by molar-refractivity contribution is 9.09. The van der Waals surface area contributed by atoms with Gasteiger partial charge in [0.2, 0.25) is 0 Å². The van der Waals surface area contributed by atoms with Gasteiger partial charge >= 0.3 is 5.97 Å². The number of rotatable bonds is 11. The van der Waals surface area contributed by atoms with E-state index in [2.05, 4.69) is 15.9 Å². The van der Waals surface area contributed by atoms with E-state index >= 15 is 0 Å². The van der Waals surface area contributed by atoms with Gasteiger partial charge in [-0.2, -0.15) is 0 Å². The van der Waals surface area contributed by atoms with Crippen LogP contribution in [0.1, 0.15) is 58.3 Å². The monoisotopic (exact) mass is 304 g/mol. The van der Waals surface area contributed by atoms with Gasteiger partial charge in [0.1, 0.15) is 0 Å². The fourth-order valence-corrected chi connectivity index (χ4v) is 2.01. The molecule has 0 saturated heterocycles. The molecule has 17 heavy (non-hydrogen) atoms. The van der Waals surface area contributed by atoms with E-state index in [1.165, 1.54) is 44.9 Å². The van der Waals surface area contributed by atoms with Crippen molar-refractivity contribution in [1.29, 1.82) is 0 Å². The van der Waals surface area contributed by atoms with Crippen molar-refractivity contribution in [3.63, 3.8) is 0 Å². The van der Waals surface area contributed by atoms with Crippen LogP contribution in [-0.4, -0.2) is 17.9 Å². The normalized spacial score (nSPS) is 10.9. The maximum Gasteiger partial charge on any atom is 0.330 e. The molecule has 0 aliphatic heterocycles. The zero-order valence-electron chi connectivity index (χ0n) is 10.9. The molecule has 0 fully saturated rings. The van der Waals surface area contributed by atoms with Gasteiger partial charge in [-0.25, -0.2) is 4.79 Å². The molecule has 0 aliphatic carbocycles. The van der Waals surface area contributed by atoms with Crippen molar-refractivity contribution < 1.29 is 9.53 Å². The molecular weight excluding hydrogens is 280 g/mol. The second-order valence-corrected chi connectivity index (χ2v) is 4.90. The number of alkyl halides is 1. The zero-order chi connectivity index (χ0) is 12.8. The standard InChI is InChI=1S/C14H25BrO2/c1-2-17-14(16)12-10-8-6-4-3-5-7-9-11-13-15/h10,12H,2-9,11,13H2,1H3. The van der Waals surface area contributed by atoms with Crippen LogP contribution in [0.5, 0.6) is 0 Å². The Bertz CT molecular complexity index is 202. The first-order valence-corrected chi connectivity index (χ1v) is 7.82. The summed E-state index contributed by atoms with van der Waals surface area (Å²) in [6.07, 6.45) is 13.5. The summed E-state index contributed by atoms with van der Waals surface area (Å²) in [5, 5.41) is 1.13. The van der Waals surface area contributed by atoms with Crippen LogP contribution in [0.15, 0.2) is 12.2 Å². The molecule has 0 radical (unpaired) electrons. The molecule has 0 atom stereocenters. The Morgan fingerprint density at radius 3 is 2.24 bits per heavy atom. The summed E-state index contributed by atoms with van der Waals surface area (Å²) in [6.45, 7) is 2.28. The summed E-state index contributed by atoms with van der Waals surface area (Å²) < 4.78 is 4.79. The number of esters is 1. The highest BCUT2D eigenvalue weighted by atomic mass is 79.9. The van der Waals surface area contributed by atoms with E-state index < -0.39 is 0 Å². The zero-order valence-corrected chi connectivity index (χ0v) is 12.5. The van der Waals surface area contributed by atoms with Crippen molar-refractivity contribution in [2.75, 3.05) is 11.9 Å². The average molecular weight is 305 g/mol. The minimum absolute atomic E-state index is 0.220. The van der Waals surface area contributed by atoms with E-state index in [4.69, 9.17) is 4.74 Å². The van der Waals surface area contributed by atoms with E-state index in [1.54, 1.807) is 6.08 Å². The first-order valence-electron chi connectivity index (χ1n) is 6.70. The Kier molecular flexibility index (Phi) is 13.5. The Balaban J connectivity index is 3.15. The second-order valence-electron chi connectivity index (χ2n) is 4.11. The van der Waals surface area contributed by atoms with Gasteiger partial charge in [-0.05, 0) is 26.2 Å². The molecule has 100 valence electrons. The summed E-state index contributed by atoms with van der Waals surface area (Å²) in [5.74, 6) is -0.220. The number of hydrogen-bond acceptors (Lipinski definition) is 2. The van der Waals surface area contributed by atoms with Crippen LogP contribution in [0.2, 0.25) is 0 Å². The third kappa shape index (κ3) is 13.6. The number of allylic oxidation sites excluding steroid dienone is 1. The van der Waals surface area contributed by atoms with Gasteiger partial charge in [0.15, 0.2) is 0 Å². The molecule has 0 spiro atoms. The topological polar surface area (TPSA) is 26.3 Å². The predicted octanol–water partition coefficient (Wildman–Crippen LogP) is 4.62. The molecule has 0 N–H and O–H groups in total. The SMILES string of the molecule is CCOC(=O)C=CCCCCCCCCCBr. The fraction of sp³-hybridized carbons (Fsp3) is 0.786. The van der Waals surface area contributed by atoms with Crippen molar-refractivity contribution in [2.24, 2.45) is 0 Å². The number of unbranched alkanes of at least 4 members (excludes halogenated alkanes) is 7. The van der Waals surface area contributed by atoms with E-state index in [0.717, 1.165) is 11.8 Å². The first-order chi connectivity index (χ1) is 8.31. The summed E-state index contributed by atoms with van der Waals surface area (Å²) in [5.41, 5.74) is 0. The Labute approximate surface area is 114 Å². The van der Waals surface area contributed by atoms with E-state index in [-0.39, 0.29) is 5.97 Å². The molecule has 0 saturated carbocycles. The van der Waals surface area contributed by atoms with Gasteiger partial charge in [-0.15, -0.1) is 0 Å². The molecule has 0 aromatic carbocycles. The molecule has 0 unspecified atom stereocenters. The molecule has 0 heterocycles. The summed E-state index contributed by atoms with van der Waals surface area (Å²) in [6, 6.07) is 0. The predicted molar refractivity (Wildman–Crippen MR) is 76.5 cm³/mol. The summed E-state index contributed by atoms with van der Waals surface area (Å²) >= 11 is 3.44. The van der Waals surface area contributed by atoms with Crippen LogP contribution in [0.3, 0.4) is 0 Å². The first kappa shape index (κ1) is 16.7. The van der Waals surface area contributed by atoms with Crippen LogP contribution in [0, 0.1) is 0 Å². The molecule has 0 amide bonds. The quantitative estimate of drug-likeness (QED) is 0.241. The van der Waals surface area contributed by atoms with Crippen LogP contribution >= 0.6 is 15.9 Å². The van der Waals surface area contributed by atoms with Crippen molar-refractivity contribution in [1.82, 2.24) is 0 Å². The maximum absolute atomic E-state index is 11.0. The number of halogens is 1. The van der Waals surface area contributed by atoms with Gasteiger partial charge < -0.3 is 4.74 Å². The maximum atomic E-state index is 11.0. The van der Waals surface area contributed by atoms with Crippen LogP contribution in [0.4, 0.5) is 0 Å². The lowest BCUT2D eigenvalue weighted by molar-refractivity contribution is -0.137. The van der Waals surface area contributed by atoms with Crippen LogP contribution in [-0.2, 0) is 9.53 Å². The smallest absolute Gasteiger partial charge is 0.330 e. The molecule has 2 nitrogen and oxygen atoms in total. The molecule has 0 aromatic rings. The second kappa shape index (κ2) is 13.8. The van der Waals surface area contributed by atoms with E-state index in [1.807, 2.05) is 13.0 Å². The highest BCUT2D eigenvalue weighted by Gasteiger charge is 1.93. The van der Waals surface area contributed by atoms with Crippen molar-refractivity contribution in [3.8, 4) is 0 Å². The molecular formula is C14H25BrO2. The molecule has 0 aromatic heterocycles. The minimum Gasteiger partial charge on any atom is -0.463 e. The van der Waals surface area contributed by atoms with E-state index in [0.29, 0.717) is 6.61 Å². The minimum atomic E-state index is -0.220. The average Bonchev–Trinajstić information content (AvgIpc) is 2.32. The largest absolute Gasteiger partial charge is 0.463 e. The molecule has 3 heteroatoms. The van der Waals surface area contributed by atoms with Crippen molar-refractivity contribution in [2.45, 2.75) is 58.3 Å². The van der Waals surface area contributed by atoms with Gasteiger partial charge in [0.05, 0.1) is 6.61 Å². The van der Waals surface area contributed by atoms with Gasteiger partial charge in [-0.1, -0.05) is 54.1 Å². The number of ether oxygens (including phenoxy) is 1. The Morgan fingerprint density at radius 1 is 1.06 bits per heavy atom. The van der Waals surface area contributed by atoms with Crippen LogP contribution < -0.4 is 0 Å².